The third kappa shape index (κ3) is 1.84. The van der Waals surface area contributed by atoms with Crippen molar-refractivity contribution in [2.24, 2.45) is 10.8 Å². The molecule has 4 nitrogen and oxygen atoms in total. The molecule has 1 saturated heterocycles. The molecule has 2 fully saturated rings. The molecular weight excluding hydrogens is 292 g/mol. The fourth-order valence-corrected chi connectivity index (χ4v) is 3.99. The zero-order valence-corrected chi connectivity index (χ0v) is 14.7. The van der Waals surface area contributed by atoms with Crippen LogP contribution in [-0.2, 0) is 14.3 Å². The largest absolute Gasteiger partial charge is 0.446 e. The third-order valence-corrected chi connectivity index (χ3v) is 6.38. The minimum atomic E-state index is -1.18. The van der Waals surface area contributed by atoms with Gasteiger partial charge < -0.3 is 9.47 Å². The van der Waals surface area contributed by atoms with E-state index < -0.39 is 22.4 Å². The maximum Gasteiger partial charge on any atom is 0.356 e. The molecule has 0 unspecified atom stereocenters. The highest BCUT2D eigenvalue weighted by molar-refractivity contribution is 5.94. The van der Waals surface area contributed by atoms with Crippen molar-refractivity contribution >= 4 is 11.9 Å². The van der Waals surface area contributed by atoms with Crippen molar-refractivity contribution in [3.8, 4) is 5.75 Å². The van der Waals surface area contributed by atoms with Gasteiger partial charge in [0, 0.05) is 5.41 Å². The number of hydrogen-bond acceptors (Lipinski definition) is 4. The molecule has 1 aromatic rings. The fourth-order valence-electron chi connectivity index (χ4n) is 3.99. The lowest BCUT2D eigenvalue weighted by Crippen LogP contribution is -2.50. The first-order valence-electron chi connectivity index (χ1n) is 8.09. The van der Waals surface area contributed by atoms with Crippen molar-refractivity contribution < 1.29 is 19.1 Å². The third-order valence-electron chi connectivity index (χ3n) is 6.38. The molecular formula is C19H24O4. The molecule has 1 heterocycles. The second kappa shape index (κ2) is 4.59. The first kappa shape index (κ1) is 16.0. The Kier molecular flexibility index (Phi) is 3.20. The number of ether oxygens (including phenoxy) is 2. The topological polar surface area (TPSA) is 52.6 Å². The lowest BCUT2D eigenvalue weighted by atomic mass is 9.66. The lowest BCUT2D eigenvalue weighted by Gasteiger charge is -2.34. The Morgan fingerprint density at radius 2 is 1.78 bits per heavy atom. The average molecular weight is 316 g/mol. The van der Waals surface area contributed by atoms with E-state index in [0.717, 1.165) is 16.7 Å². The van der Waals surface area contributed by atoms with Crippen molar-refractivity contribution in [1.29, 1.82) is 0 Å². The Bertz CT molecular complexity index is 718. The van der Waals surface area contributed by atoms with Crippen LogP contribution in [-0.4, -0.2) is 17.5 Å². The van der Waals surface area contributed by atoms with Crippen LogP contribution in [0.4, 0.5) is 0 Å². The fraction of sp³-hybridized carbons (Fsp3) is 0.579. The number of carbonyl (C=O) groups is 2. The molecule has 2 atom stereocenters. The van der Waals surface area contributed by atoms with Crippen LogP contribution in [0.5, 0.6) is 5.75 Å². The van der Waals surface area contributed by atoms with Crippen LogP contribution in [0.1, 0.15) is 50.3 Å². The molecule has 0 aromatic heterocycles. The SMILES string of the molecule is Cc1cc(C)c(C)c(OC(=O)[C@@]23CC[C@@](C)(C(=O)O2)C3(C)C)c1. The molecule has 2 aliphatic rings. The first-order valence-corrected chi connectivity index (χ1v) is 8.09. The molecule has 0 N–H and O–H groups in total. The Balaban J connectivity index is 1.98. The van der Waals surface area contributed by atoms with E-state index in [2.05, 4.69) is 6.07 Å². The number of carbonyl (C=O) groups excluding carboxylic acids is 2. The number of rotatable bonds is 2. The molecule has 1 saturated carbocycles. The van der Waals surface area contributed by atoms with Gasteiger partial charge in [-0.05, 0) is 63.3 Å². The van der Waals surface area contributed by atoms with Crippen molar-refractivity contribution in [1.82, 2.24) is 0 Å². The second-order valence-electron chi connectivity index (χ2n) is 7.77. The van der Waals surface area contributed by atoms with Gasteiger partial charge in [0.2, 0.25) is 5.60 Å². The van der Waals surface area contributed by atoms with E-state index in [-0.39, 0.29) is 5.97 Å². The molecule has 4 heteroatoms. The summed E-state index contributed by atoms with van der Waals surface area (Å²) in [5, 5.41) is 0. The van der Waals surface area contributed by atoms with Gasteiger partial charge >= 0.3 is 11.9 Å². The van der Waals surface area contributed by atoms with Crippen LogP contribution in [0, 0.1) is 31.6 Å². The van der Waals surface area contributed by atoms with Gasteiger partial charge in [-0.1, -0.05) is 19.9 Å². The Hall–Kier alpha value is -1.84. The second-order valence-corrected chi connectivity index (χ2v) is 7.77. The zero-order chi connectivity index (χ0) is 17.2. The first-order chi connectivity index (χ1) is 10.5. The summed E-state index contributed by atoms with van der Waals surface area (Å²) in [5.41, 5.74) is 0.660. The van der Waals surface area contributed by atoms with Crippen LogP contribution in [0.25, 0.3) is 0 Å². The zero-order valence-electron chi connectivity index (χ0n) is 14.7. The molecule has 0 spiro atoms. The van der Waals surface area contributed by atoms with Crippen molar-refractivity contribution in [3.05, 3.63) is 28.8 Å². The van der Waals surface area contributed by atoms with Crippen molar-refractivity contribution in [2.75, 3.05) is 0 Å². The quantitative estimate of drug-likeness (QED) is 0.617. The summed E-state index contributed by atoms with van der Waals surface area (Å²) < 4.78 is 11.3. The van der Waals surface area contributed by atoms with Gasteiger partial charge in [-0.15, -0.1) is 0 Å². The van der Waals surface area contributed by atoms with Gasteiger partial charge in [0.05, 0.1) is 5.41 Å². The summed E-state index contributed by atoms with van der Waals surface area (Å²) in [6.45, 7) is 11.6. The summed E-state index contributed by atoms with van der Waals surface area (Å²) in [7, 11) is 0. The van der Waals surface area contributed by atoms with E-state index in [1.807, 2.05) is 47.6 Å². The van der Waals surface area contributed by atoms with Gasteiger partial charge in [0.15, 0.2) is 0 Å². The Labute approximate surface area is 137 Å². The summed E-state index contributed by atoms with van der Waals surface area (Å²) in [6.07, 6.45) is 1.17. The van der Waals surface area contributed by atoms with E-state index in [0.29, 0.717) is 18.6 Å². The van der Waals surface area contributed by atoms with E-state index >= 15 is 0 Å². The summed E-state index contributed by atoms with van der Waals surface area (Å²) in [5.74, 6) is -0.192. The normalized spacial score (nSPS) is 31.1. The number of fused-ring (bicyclic) bond motifs is 2. The smallest absolute Gasteiger partial charge is 0.356 e. The maximum absolute atomic E-state index is 13.0. The predicted octanol–water partition coefficient (Wildman–Crippen LogP) is 3.64. The van der Waals surface area contributed by atoms with Crippen molar-refractivity contribution in [2.45, 2.75) is 60.0 Å². The number of benzene rings is 1. The Morgan fingerprint density at radius 3 is 2.30 bits per heavy atom. The van der Waals surface area contributed by atoms with Crippen LogP contribution in [0.2, 0.25) is 0 Å². The number of esters is 2. The van der Waals surface area contributed by atoms with E-state index in [4.69, 9.17) is 9.47 Å². The van der Waals surface area contributed by atoms with Gasteiger partial charge in [-0.2, -0.15) is 0 Å². The highest BCUT2D eigenvalue weighted by Gasteiger charge is 2.76. The van der Waals surface area contributed by atoms with Crippen LogP contribution in [0.3, 0.4) is 0 Å². The minimum absolute atomic E-state index is 0.289. The van der Waals surface area contributed by atoms with E-state index in [1.165, 1.54) is 0 Å². The Morgan fingerprint density at radius 1 is 1.13 bits per heavy atom. The minimum Gasteiger partial charge on any atom is -0.446 e. The monoisotopic (exact) mass is 316 g/mol. The van der Waals surface area contributed by atoms with Gasteiger partial charge in [-0.25, -0.2) is 4.79 Å². The van der Waals surface area contributed by atoms with Crippen LogP contribution >= 0.6 is 0 Å². The molecule has 0 radical (unpaired) electrons. The molecule has 1 aliphatic heterocycles. The number of aryl methyl sites for hydroxylation is 2. The predicted molar refractivity (Wildman–Crippen MR) is 86.2 cm³/mol. The van der Waals surface area contributed by atoms with Gasteiger partial charge in [0.1, 0.15) is 5.75 Å². The number of hydrogen-bond donors (Lipinski definition) is 0. The van der Waals surface area contributed by atoms with Crippen molar-refractivity contribution in [3.63, 3.8) is 0 Å². The van der Waals surface area contributed by atoms with Crippen LogP contribution in [0.15, 0.2) is 12.1 Å². The maximum atomic E-state index is 13.0. The molecule has 1 aliphatic carbocycles. The lowest BCUT2D eigenvalue weighted by molar-refractivity contribution is -0.176. The molecule has 2 bridgehead atoms. The van der Waals surface area contributed by atoms with Gasteiger partial charge in [0.25, 0.3) is 0 Å². The molecule has 3 rings (SSSR count). The van der Waals surface area contributed by atoms with E-state index in [9.17, 15) is 9.59 Å². The molecule has 124 valence electrons. The molecule has 23 heavy (non-hydrogen) atoms. The standard InChI is InChI=1S/C19H24O4/c1-11-9-12(2)13(3)14(10-11)22-16(21)19-8-7-18(6,15(20)23-19)17(19,4)5/h9-10H,7-8H2,1-6H3/t18-,19+/m0/s1. The summed E-state index contributed by atoms with van der Waals surface area (Å²) in [4.78, 5) is 25.3. The highest BCUT2D eigenvalue weighted by atomic mass is 16.6. The van der Waals surface area contributed by atoms with E-state index in [1.54, 1.807) is 0 Å². The van der Waals surface area contributed by atoms with Crippen LogP contribution < -0.4 is 4.74 Å². The summed E-state index contributed by atoms with van der Waals surface area (Å²) >= 11 is 0. The highest BCUT2D eigenvalue weighted by Crippen LogP contribution is 2.65. The average Bonchev–Trinajstić information content (AvgIpc) is 2.74. The summed E-state index contributed by atoms with van der Waals surface area (Å²) in [6, 6.07) is 3.91. The molecule has 0 amide bonds. The molecule has 1 aromatic carbocycles. The van der Waals surface area contributed by atoms with Gasteiger partial charge in [-0.3, -0.25) is 4.79 Å².